The van der Waals surface area contributed by atoms with Gasteiger partial charge in [-0.1, -0.05) is 11.6 Å². The summed E-state index contributed by atoms with van der Waals surface area (Å²) in [5, 5.41) is 40.8. The summed E-state index contributed by atoms with van der Waals surface area (Å²) in [4.78, 5) is 31.5. The van der Waals surface area contributed by atoms with E-state index in [-0.39, 0.29) is 0 Å². The number of non-ortho nitro benzene ring substituents is 1. The fraction of sp³-hybridized carbons (Fsp3) is 0. The second-order valence-corrected chi connectivity index (χ2v) is 4.44. The van der Waals surface area contributed by atoms with Gasteiger partial charge in [0.05, 0.1) is 31.9 Å². The van der Waals surface area contributed by atoms with Gasteiger partial charge in [-0.3, -0.25) is 30.3 Å². The molecule has 0 aliphatic carbocycles. The minimum atomic E-state index is -1.21. The molecular formula is C11H8ClN5O7. The van der Waals surface area contributed by atoms with Crippen molar-refractivity contribution in [3.05, 3.63) is 65.8 Å². The van der Waals surface area contributed by atoms with Crippen molar-refractivity contribution in [3.8, 4) is 5.75 Å². The molecule has 0 unspecified atom stereocenters. The largest absolute Gasteiger partial charge is 0.497 e. The third-order valence-corrected chi connectivity index (χ3v) is 2.63. The molecule has 2 rings (SSSR count). The maximum absolute atomic E-state index is 10.4. The molecular weight excluding hydrogens is 350 g/mol. The number of nitro groups is 3. The molecule has 12 nitrogen and oxygen atoms in total. The van der Waals surface area contributed by atoms with Crippen LogP contribution in [-0.2, 0) is 0 Å². The van der Waals surface area contributed by atoms with Gasteiger partial charge in [0.15, 0.2) is 0 Å². The van der Waals surface area contributed by atoms with E-state index in [4.69, 9.17) is 22.4 Å². The third kappa shape index (κ3) is 4.74. The van der Waals surface area contributed by atoms with Crippen molar-refractivity contribution >= 4 is 34.5 Å². The van der Waals surface area contributed by atoms with Gasteiger partial charge in [-0.05, 0) is 12.1 Å². The maximum Gasteiger partial charge on any atom is 0.324 e. The maximum atomic E-state index is 10.4. The van der Waals surface area contributed by atoms with Gasteiger partial charge < -0.3 is 10.8 Å². The van der Waals surface area contributed by atoms with E-state index in [0.717, 1.165) is 0 Å². The number of rotatable bonds is 3. The number of anilines is 1. The summed E-state index contributed by atoms with van der Waals surface area (Å²) >= 11 is 5.49. The van der Waals surface area contributed by atoms with Gasteiger partial charge in [0.2, 0.25) is 0 Å². The van der Waals surface area contributed by atoms with Crippen LogP contribution in [0.3, 0.4) is 0 Å². The first-order chi connectivity index (χ1) is 11.1. The van der Waals surface area contributed by atoms with E-state index in [1.807, 2.05) is 0 Å². The van der Waals surface area contributed by atoms with Crippen molar-refractivity contribution in [3.63, 3.8) is 0 Å². The number of phenols is 1. The van der Waals surface area contributed by atoms with Crippen LogP contribution in [0.25, 0.3) is 0 Å². The van der Waals surface area contributed by atoms with E-state index in [1.54, 1.807) is 12.1 Å². The number of benzene rings is 1. The van der Waals surface area contributed by atoms with Gasteiger partial charge in [0.1, 0.15) is 5.82 Å². The monoisotopic (exact) mass is 357 g/mol. The quantitative estimate of drug-likeness (QED) is 0.613. The van der Waals surface area contributed by atoms with Gasteiger partial charge in [0.25, 0.3) is 11.4 Å². The summed E-state index contributed by atoms with van der Waals surface area (Å²) in [5.74, 6) is -0.713. The van der Waals surface area contributed by atoms with Crippen molar-refractivity contribution in [2.45, 2.75) is 0 Å². The topological polar surface area (TPSA) is 189 Å². The molecule has 0 aliphatic rings. The van der Waals surface area contributed by atoms with E-state index in [9.17, 15) is 30.3 Å². The summed E-state index contributed by atoms with van der Waals surface area (Å²) in [7, 11) is 0. The summed E-state index contributed by atoms with van der Waals surface area (Å²) in [6.45, 7) is 0. The van der Waals surface area contributed by atoms with Gasteiger partial charge >= 0.3 is 11.4 Å². The molecule has 0 saturated heterocycles. The molecule has 0 amide bonds. The Morgan fingerprint density at radius 2 is 1.50 bits per heavy atom. The highest BCUT2D eigenvalue weighted by molar-refractivity contribution is 6.30. The predicted octanol–water partition coefficient (Wildman–Crippen LogP) is 2.43. The van der Waals surface area contributed by atoms with E-state index in [2.05, 4.69) is 4.98 Å². The summed E-state index contributed by atoms with van der Waals surface area (Å²) < 4.78 is 0. The molecule has 2 aromatic rings. The Balaban J connectivity index is 0.000000300. The van der Waals surface area contributed by atoms with E-state index < -0.39 is 37.6 Å². The van der Waals surface area contributed by atoms with E-state index >= 15 is 0 Å². The van der Waals surface area contributed by atoms with Crippen LogP contribution < -0.4 is 5.73 Å². The zero-order chi connectivity index (χ0) is 18.4. The molecule has 1 aromatic heterocycles. The van der Waals surface area contributed by atoms with Crippen LogP contribution in [0, 0.1) is 30.3 Å². The highest BCUT2D eigenvalue weighted by Gasteiger charge is 2.30. The van der Waals surface area contributed by atoms with Crippen molar-refractivity contribution in [1.29, 1.82) is 0 Å². The van der Waals surface area contributed by atoms with Crippen LogP contribution in [0.15, 0.2) is 30.5 Å². The lowest BCUT2D eigenvalue weighted by Crippen LogP contribution is -1.97. The predicted molar refractivity (Wildman–Crippen MR) is 81.7 cm³/mol. The number of hydrogen-bond acceptors (Lipinski definition) is 9. The molecule has 0 radical (unpaired) electrons. The Morgan fingerprint density at radius 1 is 1.00 bits per heavy atom. The number of halogens is 1. The summed E-state index contributed by atoms with van der Waals surface area (Å²) in [5.41, 5.74) is 2.26. The van der Waals surface area contributed by atoms with Crippen molar-refractivity contribution in [2.75, 3.05) is 5.73 Å². The number of phenolic OH excluding ortho intramolecular Hbond substituents is 1. The molecule has 1 heterocycles. The standard InChI is InChI=1S/C6H3N3O7.C5H5ClN2/c10-6-4(8(13)14)1-3(7(11)12)2-5(6)9(15)16;6-4-1-2-5(7)8-3-4/h1-2,10H;1-3H,(H2,7,8). The Hall–Kier alpha value is -3.54. The summed E-state index contributed by atoms with van der Waals surface area (Å²) in [6.07, 6.45) is 1.51. The fourth-order valence-corrected chi connectivity index (χ4v) is 1.47. The normalized spacial score (nSPS) is 9.54. The minimum absolute atomic E-state index is 0.447. The molecule has 126 valence electrons. The lowest BCUT2D eigenvalue weighted by molar-refractivity contribution is -0.404. The molecule has 0 bridgehead atoms. The second-order valence-electron chi connectivity index (χ2n) is 4.01. The number of hydrogen-bond donors (Lipinski definition) is 2. The molecule has 0 saturated carbocycles. The Bertz CT molecular complexity index is 740. The number of nitrogen functional groups attached to an aromatic ring is 1. The first kappa shape index (κ1) is 18.5. The van der Waals surface area contributed by atoms with Gasteiger partial charge in [0, 0.05) is 6.20 Å². The Kier molecular flexibility index (Phi) is 5.89. The van der Waals surface area contributed by atoms with Crippen LogP contribution in [-0.4, -0.2) is 24.9 Å². The number of pyridine rings is 1. The average Bonchev–Trinajstić information content (AvgIpc) is 2.50. The molecule has 0 fully saturated rings. The van der Waals surface area contributed by atoms with Crippen LogP contribution >= 0.6 is 11.6 Å². The van der Waals surface area contributed by atoms with Gasteiger partial charge in [-0.2, -0.15) is 0 Å². The second kappa shape index (κ2) is 7.64. The number of nitrogens with two attached hydrogens (primary N) is 1. The van der Waals surface area contributed by atoms with E-state index in [1.165, 1.54) is 6.20 Å². The van der Waals surface area contributed by atoms with Gasteiger partial charge in [-0.15, -0.1) is 0 Å². The van der Waals surface area contributed by atoms with E-state index in [0.29, 0.717) is 23.0 Å². The molecule has 13 heteroatoms. The molecule has 0 aliphatic heterocycles. The fourth-order valence-electron chi connectivity index (χ4n) is 1.36. The smallest absolute Gasteiger partial charge is 0.324 e. The van der Waals surface area contributed by atoms with Crippen molar-refractivity contribution in [2.24, 2.45) is 0 Å². The van der Waals surface area contributed by atoms with Gasteiger partial charge in [-0.25, -0.2) is 4.98 Å². The zero-order valence-electron chi connectivity index (χ0n) is 11.5. The SMILES string of the molecule is Nc1ccc(Cl)cn1.O=[N+]([O-])c1cc([N+](=O)[O-])c(O)c([N+](=O)[O-])c1. The van der Waals surface area contributed by atoms with Crippen LogP contribution in [0.5, 0.6) is 5.75 Å². The number of aromatic nitrogens is 1. The molecule has 3 N–H and O–H groups in total. The molecule has 1 aromatic carbocycles. The van der Waals surface area contributed by atoms with Crippen LogP contribution in [0.2, 0.25) is 5.02 Å². The highest BCUT2D eigenvalue weighted by atomic mass is 35.5. The zero-order valence-corrected chi connectivity index (χ0v) is 12.3. The third-order valence-electron chi connectivity index (χ3n) is 2.41. The molecule has 0 spiro atoms. The first-order valence-corrected chi connectivity index (χ1v) is 6.18. The van der Waals surface area contributed by atoms with Crippen LogP contribution in [0.1, 0.15) is 0 Å². The molecule has 0 atom stereocenters. The highest BCUT2D eigenvalue weighted by Crippen LogP contribution is 2.38. The van der Waals surface area contributed by atoms with Crippen molar-refractivity contribution < 1.29 is 19.9 Å². The lowest BCUT2D eigenvalue weighted by atomic mass is 10.2. The minimum Gasteiger partial charge on any atom is -0.497 e. The Labute approximate surface area is 137 Å². The van der Waals surface area contributed by atoms with Crippen molar-refractivity contribution in [1.82, 2.24) is 4.98 Å². The number of nitrogens with zero attached hydrogens (tertiary/aromatic N) is 4. The first-order valence-electron chi connectivity index (χ1n) is 5.80. The molecule has 24 heavy (non-hydrogen) atoms. The summed E-state index contributed by atoms with van der Waals surface area (Å²) in [6, 6.07) is 4.25. The Morgan fingerprint density at radius 3 is 1.79 bits per heavy atom. The number of aromatic hydroxyl groups is 1. The average molecular weight is 358 g/mol. The number of nitro benzene ring substituents is 3. The lowest BCUT2D eigenvalue weighted by Gasteiger charge is -1.97. The van der Waals surface area contributed by atoms with Crippen LogP contribution in [0.4, 0.5) is 22.9 Å².